The third-order valence-electron chi connectivity index (χ3n) is 2.83. The number of anilines is 1. The van der Waals surface area contributed by atoms with Crippen LogP contribution in [-0.4, -0.2) is 20.8 Å². The number of nitrogens with one attached hydrogen (secondary N) is 1. The van der Waals surface area contributed by atoms with Crippen LogP contribution in [0.2, 0.25) is 0 Å². The van der Waals surface area contributed by atoms with Crippen LogP contribution in [0.1, 0.15) is 18.7 Å². The third kappa shape index (κ3) is 4.80. The maximum Gasteiger partial charge on any atom is 0.215 e. The quantitative estimate of drug-likeness (QED) is 0.762. The van der Waals surface area contributed by atoms with Crippen molar-refractivity contribution in [3.8, 4) is 5.75 Å². The Morgan fingerprint density at radius 2 is 2.00 bits per heavy atom. The highest BCUT2D eigenvalue weighted by Gasteiger charge is 2.17. The maximum atomic E-state index is 11.9. The van der Waals surface area contributed by atoms with E-state index in [9.17, 15) is 8.42 Å². The second kappa shape index (κ2) is 6.64. The van der Waals surface area contributed by atoms with Gasteiger partial charge in [-0.1, -0.05) is 0 Å². The standard InChI is InChI=1S/C14H18N2O4S/c1-11(14-3-2-8-20-14)16-21(17,18)10-9-19-13-6-4-12(15)5-7-13/h2-8,11,16H,9-10,15H2,1H3. The molecule has 0 spiro atoms. The van der Waals surface area contributed by atoms with Gasteiger partial charge in [0.15, 0.2) is 0 Å². The molecular weight excluding hydrogens is 292 g/mol. The molecular formula is C14H18N2O4S. The van der Waals surface area contributed by atoms with E-state index < -0.39 is 16.1 Å². The molecule has 0 fully saturated rings. The molecule has 1 unspecified atom stereocenters. The number of nitrogen functional groups attached to an aromatic ring is 1. The molecule has 0 saturated heterocycles. The van der Waals surface area contributed by atoms with E-state index in [4.69, 9.17) is 14.9 Å². The summed E-state index contributed by atoms with van der Waals surface area (Å²) in [5.41, 5.74) is 6.18. The van der Waals surface area contributed by atoms with Crippen molar-refractivity contribution in [1.29, 1.82) is 0 Å². The van der Waals surface area contributed by atoms with E-state index in [1.807, 2.05) is 0 Å². The van der Waals surface area contributed by atoms with Gasteiger partial charge < -0.3 is 14.9 Å². The summed E-state index contributed by atoms with van der Waals surface area (Å²) in [5.74, 6) is 1.01. The number of hydrogen-bond donors (Lipinski definition) is 2. The number of benzene rings is 1. The van der Waals surface area contributed by atoms with E-state index in [0.717, 1.165) is 0 Å². The molecule has 1 heterocycles. The van der Waals surface area contributed by atoms with Crippen molar-refractivity contribution < 1.29 is 17.6 Å². The Morgan fingerprint density at radius 3 is 2.62 bits per heavy atom. The Bertz CT molecular complexity index is 651. The van der Waals surface area contributed by atoms with Crippen LogP contribution >= 0.6 is 0 Å². The van der Waals surface area contributed by atoms with Crippen molar-refractivity contribution >= 4 is 15.7 Å². The highest BCUT2D eigenvalue weighted by molar-refractivity contribution is 7.89. The lowest BCUT2D eigenvalue weighted by molar-refractivity contribution is 0.340. The Balaban J connectivity index is 1.82. The summed E-state index contributed by atoms with van der Waals surface area (Å²) < 4.78 is 36.9. The smallest absolute Gasteiger partial charge is 0.215 e. The number of hydrogen-bond acceptors (Lipinski definition) is 5. The van der Waals surface area contributed by atoms with E-state index >= 15 is 0 Å². The van der Waals surface area contributed by atoms with Crippen LogP contribution in [-0.2, 0) is 10.0 Å². The van der Waals surface area contributed by atoms with Gasteiger partial charge in [0.2, 0.25) is 10.0 Å². The second-order valence-corrected chi connectivity index (χ2v) is 6.46. The Kier molecular flexibility index (Phi) is 4.87. The lowest BCUT2D eigenvalue weighted by Crippen LogP contribution is -2.31. The number of nitrogens with two attached hydrogens (primary N) is 1. The molecule has 0 radical (unpaired) electrons. The van der Waals surface area contributed by atoms with Gasteiger partial charge in [0, 0.05) is 5.69 Å². The average molecular weight is 310 g/mol. The molecule has 1 atom stereocenters. The van der Waals surface area contributed by atoms with Gasteiger partial charge in [-0.3, -0.25) is 0 Å². The molecule has 7 heteroatoms. The van der Waals surface area contributed by atoms with Crippen molar-refractivity contribution in [1.82, 2.24) is 4.72 Å². The minimum Gasteiger partial charge on any atom is -0.492 e. The normalized spacial score (nSPS) is 13.0. The molecule has 2 rings (SSSR count). The SMILES string of the molecule is CC(NS(=O)(=O)CCOc1ccc(N)cc1)c1ccco1. The molecule has 6 nitrogen and oxygen atoms in total. The molecule has 21 heavy (non-hydrogen) atoms. The molecule has 0 aliphatic carbocycles. The first-order valence-electron chi connectivity index (χ1n) is 6.48. The highest BCUT2D eigenvalue weighted by atomic mass is 32.2. The van der Waals surface area contributed by atoms with Gasteiger partial charge in [-0.25, -0.2) is 13.1 Å². The largest absolute Gasteiger partial charge is 0.492 e. The average Bonchev–Trinajstić information content (AvgIpc) is 2.94. The van der Waals surface area contributed by atoms with Gasteiger partial charge >= 0.3 is 0 Å². The first-order chi connectivity index (χ1) is 9.96. The van der Waals surface area contributed by atoms with Gasteiger partial charge in [-0.2, -0.15) is 0 Å². The monoisotopic (exact) mass is 310 g/mol. The predicted octanol–water partition coefficient (Wildman–Crippen LogP) is 1.92. The van der Waals surface area contributed by atoms with Crippen LogP contribution in [0, 0.1) is 0 Å². The van der Waals surface area contributed by atoms with Gasteiger partial charge in [0.1, 0.15) is 18.1 Å². The molecule has 0 aliphatic rings. The minimum atomic E-state index is -3.44. The van der Waals surface area contributed by atoms with Gasteiger partial charge in [-0.05, 0) is 43.3 Å². The summed E-state index contributed by atoms with van der Waals surface area (Å²) in [6, 6.07) is 9.80. The highest BCUT2D eigenvalue weighted by Crippen LogP contribution is 2.15. The topological polar surface area (TPSA) is 94.6 Å². The van der Waals surface area contributed by atoms with Crippen molar-refractivity contribution in [3.05, 3.63) is 48.4 Å². The first kappa shape index (κ1) is 15.4. The van der Waals surface area contributed by atoms with E-state index in [0.29, 0.717) is 17.2 Å². The molecule has 3 N–H and O–H groups in total. The van der Waals surface area contributed by atoms with Crippen LogP contribution < -0.4 is 15.2 Å². The van der Waals surface area contributed by atoms with Gasteiger partial charge in [-0.15, -0.1) is 0 Å². The summed E-state index contributed by atoms with van der Waals surface area (Å²) >= 11 is 0. The van der Waals surface area contributed by atoms with Crippen molar-refractivity contribution in [2.45, 2.75) is 13.0 Å². The fourth-order valence-corrected chi connectivity index (χ4v) is 2.83. The molecule has 1 aromatic heterocycles. The number of furan rings is 1. The summed E-state index contributed by atoms with van der Waals surface area (Å²) in [6.07, 6.45) is 1.50. The number of ether oxygens (including phenoxy) is 1. The molecule has 1 aromatic carbocycles. The third-order valence-corrected chi connectivity index (χ3v) is 4.24. The van der Waals surface area contributed by atoms with E-state index in [1.165, 1.54) is 6.26 Å². The van der Waals surface area contributed by atoms with Crippen molar-refractivity contribution in [2.24, 2.45) is 0 Å². The zero-order valence-corrected chi connectivity index (χ0v) is 12.5. The number of sulfonamides is 1. The van der Waals surface area contributed by atoms with Gasteiger partial charge in [0.25, 0.3) is 0 Å². The van der Waals surface area contributed by atoms with Crippen molar-refractivity contribution in [3.63, 3.8) is 0 Å². The maximum absolute atomic E-state index is 11.9. The predicted molar refractivity (Wildman–Crippen MR) is 80.4 cm³/mol. The molecule has 2 aromatic rings. The van der Waals surface area contributed by atoms with E-state index in [-0.39, 0.29) is 12.4 Å². The Labute approximate surface area is 124 Å². The van der Waals surface area contributed by atoms with E-state index in [1.54, 1.807) is 43.3 Å². The number of rotatable bonds is 7. The molecule has 0 aliphatic heterocycles. The summed E-state index contributed by atoms with van der Waals surface area (Å²) in [5, 5.41) is 0. The van der Waals surface area contributed by atoms with Crippen LogP contribution in [0.4, 0.5) is 5.69 Å². The lowest BCUT2D eigenvalue weighted by atomic mass is 10.3. The Morgan fingerprint density at radius 1 is 1.29 bits per heavy atom. The molecule has 114 valence electrons. The summed E-state index contributed by atoms with van der Waals surface area (Å²) in [6.45, 7) is 1.78. The van der Waals surface area contributed by atoms with Crippen LogP contribution in [0.3, 0.4) is 0 Å². The van der Waals surface area contributed by atoms with Crippen molar-refractivity contribution in [2.75, 3.05) is 18.1 Å². The van der Waals surface area contributed by atoms with E-state index in [2.05, 4.69) is 4.72 Å². The second-order valence-electron chi connectivity index (χ2n) is 4.59. The Hall–Kier alpha value is -1.99. The lowest BCUT2D eigenvalue weighted by Gasteiger charge is -2.12. The van der Waals surface area contributed by atoms with Gasteiger partial charge in [0.05, 0.1) is 18.1 Å². The zero-order chi connectivity index (χ0) is 15.3. The zero-order valence-electron chi connectivity index (χ0n) is 11.7. The summed E-state index contributed by atoms with van der Waals surface area (Å²) in [7, 11) is -3.44. The fourth-order valence-electron chi connectivity index (χ4n) is 1.76. The summed E-state index contributed by atoms with van der Waals surface area (Å²) in [4.78, 5) is 0. The minimum absolute atomic E-state index is 0.0596. The molecule has 0 amide bonds. The van der Waals surface area contributed by atoms with Crippen LogP contribution in [0.25, 0.3) is 0 Å². The van der Waals surface area contributed by atoms with Crippen LogP contribution in [0.5, 0.6) is 5.75 Å². The first-order valence-corrected chi connectivity index (χ1v) is 8.13. The fraction of sp³-hybridized carbons (Fsp3) is 0.286. The van der Waals surface area contributed by atoms with Crippen LogP contribution in [0.15, 0.2) is 47.1 Å². The molecule has 0 bridgehead atoms. The molecule has 0 saturated carbocycles.